The quantitative estimate of drug-likeness (QED) is 0.913. The molecule has 2 fully saturated rings. The molecule has 1 unspecified atom stereocenters. The Morgan fingerprint density at radius 1 is 1.26 bits per heavy atom. The highest BCUT2D eigenvalue weighted by molar-refractivity contribution is 7.99. The molecule has 19 heavy (non-hydrogen) atoms. The average Bonchev–Trinajstić information content (AvgIpc) is 3.01. The first-order valence-corrected chi connectivity index (χ1v) is 8.15. The van der Waals surface area contributed by atoms with Crippen molar-refractivity contribution in [3.8, 4) is 0 Å². The number of carbonyl (C=O) groups is 1. The van der Waals surface area contributed by atoms with Crippen molar-refractivity contribution in [1.29, 1.82) is 0 Å². The summed E-state index contributed by atoms with van der Waals surface area (Å²) in [6.45, 7) is 4.01. The monoisotopic (exact) mass is 276 g/mol. The van der Waals surface area contributed by atoms with Gasteiger partial charge in [-0.3, -0.25) is 4.79 Å². The van der Waals surface area contributed by atoms with Gasteiger partial charge in [0.2, 0.25) is 5.91 Å². The summed E-state index contributed by atoms with van der Waals surface area (Å²) in [6, 6.07) is 10.1. The number of likely N-dealkylation sites (tertiary alicyclic amines) is 1. The number of nitrogens with zero attached hydrogens (tertiary/aromatic N) is 1. The lowest BCUT2D eigenvalue weighted by Crippen LogP contribution is -2.34. The third-order valence-electron chi connectivity index (χ3n) is 4.26. The molecule has 3 rings (SSSR count). The summed E-state index contributed by atoms with van der Waals surface area (Å²) in [4.78, 5) is 14.8. The number of hydrogen-bond donors (Lipinski definition) is 1. The number of hydrogen-bond acceptors (Lipinski definition) is 3. The summed E-state index contributed by atoms with van der Waals surface area (Å²) in [7, 11) is 0. The number of nitrogens with one attached hydrogen (secondary N) is 1. The van der Waals surface area contributed by atoms with E-state index in [4.69, 9.17) is 0 Å². The van der Waals surface area contributed by atoms with Crippen LogP contribution in [0.15, 0.2) is 30.3 Å². The van der Waals surface area contributed by atoms with Gasteiger partial charge in [-0.25, -0.2) is 0 Å². The minimum atomic E-state index is -0.0482. The number of thioether (sulfide) groups is 1. The second kappa shape index (κ2) is 5.55. The van der Waals surface area contributed by atoms with Gasteiger partial charge < -0.3 is 10.2 Å². The standard InChI is InChI=1S/C15H20N2OS/c1-19-14(11-5-3-2-4-6-11)15(18)17-9-12-7-16-8-13(12)10-17/h2-6,12-14,16H,7-10H2,1H3/t12-,13+,14?. The zero-order chi connectivity index (χ0) is 13.2. The van der Waals surface area contributed by atoms with E-state index in [0.29, 0.717) is 11.8 Å². The average molecular weight is 276 g/mol. The van der Waals surface area contributed by atoms with Crippen molar-refractivity contribution in [2.24, 2.45) is 11.8 Å². The molecular formula is C15H20N2OS. The lowest BCUT2D eigenvalue weighted by Gasteiger charge is -2.23. The van der Waals surface area contributed by atoms with E-state index in [1.54, 1.807) is 11.8 Å². The van der Waals surface area contributed by atoms with Crippen LogP contribution in [0.2, 0.25) is 0 Å². The SMILES string of the molecule is CSC(C(=O)N1C[C@H]2CNC[C@H]2C1)c1ccccc1. The fourth-order valence-electron chi connectivity index (χ4n) is 3.21. The molecule has 1 aromatic rings. The van der Waals surface area contributed by atoms with Crippen LogP contribution in [0.5, 0.6) is 0 Å². The first-order chi connectivity index (χ1) is 9.29. The molecule has 0 spiro atoms. The van der Waals surface area contributed by atoms with E-state index in [0.717, 1.165) is 31.7 Å². The molecule has 1 amide bonds. The number of carbonyl (C=O) groups excluding carboxylic acids is 1. The Morgan fingerprint density at radius 3 is 2.47 bits per heavy atom. The molecule has 3 nitrogen and oxygen atoms in total. The minimum absolute atomic E-state index is 0.0482. The largest absolute Gasteiger partial charge is 0.341 e. The van der Waals surface area contributed by atoms with Gasteiger partial charge in [-0.15, -0.1) is 11.8 Å². The van der Waals surface area contributed by atoms with E-state index in [1.165, 1.54) is 0 Å². The minimum Gasteiger partial charge on any atom is -0.341 e. The maximum absolute atomic E-state index is 12.7. The van der Waals surface area contributed by atoms with Crippen LogP contribution in [-0.2, 0) is 4.79 Å². The van der Waals surface area contributed by atoms with Gasteiger partial charge in [0, 0.05) is 26.2 Å². The molecule has 3 atom stereocenters. The fraction of sp³-hybridized carbons (Fsp3) is 0.533. The molecule has 2 heterocycles. The maximum Gasteiger partial charge on any atom is 0.240 e. The Morgan fingerprint density at radius 2 is 1.89 bits per heavy atom. The number of fused-ring (bicyclic) bond motifs is 1. The van der Waals surface area contributed by atoms with E-state index in [2.05, 4.69) is 22.3 Å². The molecule has 102 valence electrons. The van der Waals surface area contributed by atoms with Crippen molar-refractivity contribution >= 4 is 17.7 Å². The Hall–Kier alpha value is -1.00. The highest BCUT2D eigenvalue weighted by Crippen LogP contribution is 2.33. The Bertz CT molecular complexity index is 439. The third-order valence-corrected chi connectivity index (χ3v) is 5.21. The van der Waals surface area contributed by atoms with Gasteiger partial charge >= 0.3 is 0 Å². The van der Waals surface area contributed by atoms with Crippen molar-refractivity contribution < 1.29 is 4.79 Å². The fourth-order valence-corrected chi connectivity index (χ4v) is 3.99. The molecule has 0 aromatic heterocycles. The molecule has 2 aliphatic heterocycles. The Balaban J connectivity index is 1.72. The van der Waals surface area contributed by atoms with Gasteiger partial charge in [0.05, 0.1) is 0 Å². The van der Waals surface area contributed by atoms with Crippen molar-refractivity contribution in [3.63, 3.8) is 0 Å². The zero-order valence-corrected chi connectivity index (χ0v) is 12.0. The topological polar surface area (TPSA) is 32.3 Å². The second-order valence-electron chi connectivity index (χ2n) is 5.45. The Kier molecular flexibility index (Phi) is 3.80. The van der Waals surface area contributed by atoms with Crippen LogP contribution in [-0.4, -0.2) is 43.2 Å². The molecule has 2 aliphatic rings. The van der Waals surface area contributed by atoms with Gasteiger partial charge in [0.1, 0.15) is 5.25 Å². The van der Waals surface area contributed by atoms with Crippen LogP contribution < -0.4 is 5.32 Å². The molecule has 4 heteroatoms. The highest BCUT2D eigenvalue weighted by Gasteiger charge is 2.39. The zero-order valence-electron chi connectivity index (χ0n) is 11.2. The predicted molar refractivity (Wildman–Crippen MR) is 79.1 cm³/mol. The van der Waals surface area contributed by atoms with Gasteiger partial charge in [0.25, 0.3) is 0 Å². The smallest absolute Gasteiger partial charge is 0.240 e. The predicted octanol–water partition coefficient (Wildman–Crippen LogP) is 1.77. The van der Waals surface area contributed by atoms with Crippen LogP contribution >= 0.6 is 11.8 Å². The van der Waals surface area contributed by atoms with E-state index in [1.807, 2.05) is 24.5 Å². The van der Waals surface area contributed by atoms with Gasteiger partial charge in [-0.2, -0.15) is 0 Å². The van der Waals surface area contributed by atoms with Crippen molar-refractivity contribution in [3.05, 3.63) is 35.9 Å². The molecule has 1 aromatic carbocycles. The highest BCUT2D eigenvalue weighted by atomic mass is 32.2. The molecular weight excluding hydrogens is 256 g/mol. The molecule has 1 N–H and O–H groups in total. The first kappa shape index (κ1) is 13.0. The van der Waals surface area contributed by atoms with Crippen LogP contribution in [0.1, 0.15) is 10.8 Å². The van der Waals surface area contributed by atoms with Crippen LogP contribution in [0.4, 0.5) is 0 Å². The number of amides is 1. The number of rotatable bonds is 3. The van der Waals surface area contributed by atoms with E-state index < -0.39 is 0 Å². The van der Waals surface area contributed by atoms with Crippen LogP contribution in [0, 0.1) is 11.8 Å². The molecule has 0 radical (unpaired) electrons. The van der Waals surface area contributed by atoms with E-state index in [-0.39, 0.29) is 11.2 Å². The Labute approximate surface area is 118 Å². The summed E-state index contributed by atoms with van der Waals surface area (Å²) >= 11 is 1.64. The summed E-state index contributed by atoms with van der Waals surface area (Å²) in [5.74, 6) is 1.62. The van der Waals surface area contributed by atoms with E-state index >= 15 is 0 Å². The van der Waals surface area contributed by atoms with Gasteiger partial charge in [0.15, 0.2) is 0 Å². The molecule has 0 saturated carbocycles. The molecule has 2 saturated heterocycles. The third kappa shape index (κ3) is 2.51. The summed E-state index contributed by atoms with van der Waals surface area (Å²) < 4.78 is 0. The van der Waals surface area contributed by atoms with Crippen molar-refractivity contribution in [1.82, 2.24) is 10.2 Å². The van der Waals surface area contributed by atoms with E-state index in [9.17, 15) is 4.79 Å². The van der Waals surface area contributed by atoms with Crippen LogP contribution in [0.3, 0.4) is 0 Å². The van der Waals surface area contributed by atoms with Gasteiger partial charge in [-0.05, 0) is 23.7 Å². The lowest BCUT2D eigenvalue weighted by molar-refractivity contribution is -0.129. The summed E-state index contributed by atoms with van der Waals surface area (Å²) in [5, 5.41) is 3.37. The first-order valence-electron chi connectivity index (χ1n) is 6.87. The second-order valence-corrected chi connectivity index (χ2v) is 6.39. The van der Waals surface area contributed by atoms with Crippen molar-refractivity contribution in [2.75, 3.05) is 32.4 Å². The molecule has 0 bridgehead atoms. The maximum atomic E-state index is 12.7. The molecule has 0 aliphatic carbocycles. The summed E-state index contributed by atoms with van der Waals surface area (Å²) in [5.41, 5.74) is 1.12. The lowest BCUT2D eigenvalue weighted by atomic mass is 10.0. The van der Waals surface area contributed by atoms with Crippen molar-refractivity contribution in [2.45, 2.75) is 5.25 Å². The normalized spacial score (nSPS) is 27.3. The van der Waals surface area contributed by atoms with Crippen LogP contribution in [0.25, 0.3) is 0 Å². The number of benzene rings is 1. The summed E-state index contributed by atoms with van der Waals surface area (Å²) in [6.07, 6.45) is 2.02. The van der Waals surface area contributed by atoms with Gasteiger partial charge in [-0.1, -0.05) is 30.3 Å².